The molecule has 0 saturated carbocycles. The zero-order valence-electron chi connectivity index (χ0n) is 12.2. The van der Waals surface area contributed by atoms with E-state index in [-0.39, 0.29) is 6.04 Å². The molecule has 1 N–H and O–H groups in total. The summed E-state index contributed by atoms with van der Waals surface area (Å²) in [6.45, 7) is 1.89. The molecule has 2 aromatic rings. The first-order chi connectivity index (χ1) is 10.1. The SMILES string of the molecule is CC(Cc1ccc(Oc2ccccc2)cc1)N(C)C(=O)O. The molecule has 0 spiro atoms. The average Bonchev–Trinajstić information content (AvgIpc) is 2.49. The van der Waals surface area contributed by atoms with Crippen molar-refractivity contribution in [3.63, 3.8) is 0 Å². The predicted molar refractivity (Wildman–Crippen MR) is 81.9 cm³/mol. The number of hydrogen-bond donors (Lipinski definition) is 1. The van der Waals surface area contributed by atoms with Crippen molar-refractivity contribution >= 4 is 6.09 Å². The first kappa shape index (κ1) is 14.9. The highest BCUT2D eigenvalue weighted by molar-refractivity contribution is 5.64. The van der Waals surface area contributed by atoms with Crippen LogP contribution in [0.5, 0.6) is 11.5 Å². The summed E-state index contributed by atoms with van der Waals surface area (Å²) < 4.78 is 5.72. The molecular formula is C17H19NO3. The standard InChI is InChI=1S/C17H19NO3/c1-13(18(2)17(19)20)12-14-8-10-16(11-9-14)21-15-6-4-3-5-7-15/h3-11,13H,12H2,1-2H3,(H,19,20). The maximum absolute atomic E-state index is 10.9. The van der Waals surface area contributed by atoms with Gasteiger partial charge >= 0.3 is 6.09 Å². The summed E-state index contributed by atoms with van der Waals surface area (Å²) in [5.41, 5.74) is 1.08. The number of benzene rings is 2. The molecule has 0 saturated heterocycles. The van der Waals surface area contributed by atoms with Gasteiger partial charge in [0.25, 0.3) is 0 Å². The molecule has 21 heavy (non-hydrogen) atoms. The van der Waals surface area contributed by atoms with E-state index < -0.39 is 6.09 Å². The Morgan fingerprint density at radius 1 is 1.10 bits per heavy atom. The van der Waals surface area contributed by atoms with Crippen LogP contribution in [-0.2, 0) is 6.42 Å². The number of nitrogens with zero attached hydrogens (tertiary/aromatic N) is 1. The van der Waals surface area contributed by atoms with Crippen LogP contribution in [0.3, 0.4) is 0 Å². The summed E-state index contributed by atoms with van der Waals surface area (Å²) in [6, 6.07) is 17.2. The number of carbonyl (C=O) groups is 1. The molecule has 110 valence electrons. The monoisotopic (exact) mass is 285 g/mol. The lowest BCUT2D eigenvalue weighted by molar-refractivity contribution is 0.141. The van der Waals surface area contributed by atoms with Gasteiger partial charge in [0.05, 0.1) is 0 Å². The minimum atomic E-state index is -0.911. The van der Waals surface area contributed by atoms with Crippen LogP contribution in [0.2, 0.25) is 0 Å². The van der Waals surface area contributed by atoms with Crippen molar-refractivity contribution in [3.8, 4) is 11.5 Å². The number of carboxylic acid groups (broad SMARTS) is 1. The molecule has 0 bridgehead atoms. The van der Waals surface area contributed by atoms with Crippen LogP contribution in [0.15, 0.2) is 54.6 Å². The van der Waals surface area contributed by atoms with Crippen molar-refractivity contribution < 1.29 is 14.6 Å². The third kappa shape index (κ3) is 4.24. The van der Waals surface area contributed by atoms with E-state index in [9.17, 15) is 4.79 Å². The van der Waals surface area contributed by atoms with Crippen molar-refractivity contribution in [3.05, 3.63) is 60.2 Å². The van der Waals surface area contributed by atoms with E-state index in [2.05, 4.69) is 0 Å². The van der Waals surface area contributed by atoms with Gasteiger partial charge in [0.15, 0.2) is 0 Å². The Balaban J connectivity index is 1.97. The molecule has 0 aromatic heterocycles. The summed E-state index contributed by atoms with van der Waals surface area (Å²) in [6.07, 6.45) is -0.236. The Morgan fingerprint density at radius 3 is 2.24 bits per heavy atom. The van der Waals surface area contributed by atoms with Crippen LogP contribution in [-0.4, -0.2) is 29.2 Å². The minimum absolute atomic E-state index is 0.0663. The zero-order valence-corrected chi connectivity index (χ0v) is 12.2. The highest BCUT2D eigenvalue weighted by Crippen LogP contribution is 2.21. The Kier molecular flexibility index (Phi) is 4.82. The average molecular weight is 285 g/mol. The topological polar surface area (TPSA) is 49.8 Å². The lowest BCUT2D eigenvalue weighted by atomic mass is 10.1. The summed E-state index contributed by atoms with van der Waals surface area (Å²) in [4.78, 5) is 12.2. The minimum Gasteiger partial charge on any atom is -0.465 e. The van der Waals surface area contributed by atoms with E-state index in [0.717, 1.165) is 17.1 Å². The van der Waals surface area contributed by atoms with Gasteiger partial charge in [0, 0.05) is 13.1 Å². The molecule has 2 rings (SSSR count). The molecule has 1 amide bonds. The predicted octanol–water partition coefficient (Wildman–Crippen LogP) is 4.02. The third-order valence-electron chi connectivity index (χ3n) is 3.40. The lowest BCUT2D eigenvalue weighted by Crippen LogP contribution is -2.35. The van der Waals surface area contributed by atoms with Crippen LogP contribution in [0.1, 0.15) is 12.5 Å². The van der Waals surface area contributed by atoms with Crippen molar-refractivity contribution in [1.82, 2.24) is 4.90 Å². The lowest BCUT2D eigenvalue weighted by Gasteiger charge is -2.21. The van der Waals surface area contributed by atoms with Crippen LogP contribution in [0, 0.1) is 0 Å². The normalized spacial score (nSPS) is 11.7. The Hall–Kier alpha value is -2.49. The van der Waals surface area contributed by atoms with E-state index in [1.807, 2.05) is 61.5 Å². The van der Waals surface area contributed by atoms with Crippen LogP contribution in [0.4, 0.5) is 4.79 Å². The van der Waals surface area contributed by atoms with Crippen LogP contribution >= 0.6 is 0 Å². The van der Waals surface area contributed by atoms with Gasteiger partial charge < -0.3 is 14.7 Å². The van der Waals surface area contributed by atoms with Gasteiger partial charge in [0.2, 0.25) is 0 Å². The molecule has 0 radical (unpaired) electrons. The number of amides is 1. The first-order valence-corrected chi connectivity index (χ1v) is 6.84. The maximum Gasteiger partial charge on any atom is 0.407 e. The molecular weight excluding hydrogens is 266 g/mol. The van der Waals surface area contributed by atoms with Gasteiger partial charge in [-0.3, -0.25) is 0 Å². The molecule has 0 aliphatic carbocycles. The summed E-state index contributed by atoms with van der Waals surface area (Å²) in [5, 5.41) is 8.94. The molecule has 0 heterocycles. The number of hydrogen-bond acceptors (Lipinski definition) is 2. The highest BCUT2D eigenvalue weighted by atomic mass is 16.5. The molecule has 0 fully saturated rings. The second-order valence-electron chi connectivity index (χ2n) is 5.01. The van der Waals surface area contributed by atoms with Gasteiger partial charge in [0.1, 0.15) is 11.5 Å². The summed E-state index contributed by atoms with van der Waals surface area (Å²) in [5.74, 6) is 1.56. The van der Waals surface area contributed by atoms with E-state index in [4.69, 9.17) is 9.84 Å². The Labute approximate surface area is 124 Å². The van der Waals surface area contributed by atoms with Gasteiger partial charge in [-0.25, -0.2) is 4.79 Å². The van der Waals surface area contributed by atoms with Crippen molar-refractivity contribution in [2.24, 2.45) is 0 Å². The van der Waals surface area contributed by atoms with E-state index in [1.165, 1.54) is 4.90 Å². The van der Waals surface area contributed by atoms with Gasteiger partial charge in [-0.15, -0.1) is 0 Å². The molecule has 0 aliphatic heterocycles. The van der Waals surface area contributed by atoms with Gasteiger partial charge in [-0.05, 0) is 43.2 Å². The number of likely N-dealkylation sites (N-methyl/N-ethyl adjacent to an activating group) is 1. The van der Waals surface area contributed by atoms with Crippen molar-refractivity contribution in [2.45, 2.75) is 19.4 Å². The fraction of sp³-hybridized carbons (Fsp3) is 0.235. The van der Waals surface area contributed by atoms with Crippen molar-refractivity contribution in [2.75, 3.05) is 7.05 Å². The Morgan fingerprint density at radius 2 is 1.67 bits per heavy atom. The Bertz CT molecular complexity index is 581. The number of para-hydroxylation sites is 1. The van der Waals surface area contributed by atoms with E-state index in [0.29, 0.717) is 6.42 Å². The second-order valence-corrected chi connectivity index (χ2v) is 5.01. The largest absolute Gasteiger partial charge is 0.465 e. The maximum atomic E-state index is 10.9. The number of ether oxygens (including phenoxy) is 1. The molecule has 4 nitrogen and oxygen atoms in total. The van der Waals surface area contributed by atoms with Crippen LogP contribution < -0.4 is 4.74 Å². The fourth-order valence-electron chi connectivity index (χ4n) is 1.98. The zero-order chi connectivity index (χ0) is 15.2. The van der Waals surface area contributed by atoms with Gasteiger partial charge in [-0.1, -0.05) is 30.3 Å². The summed E-state index contributed by atoms with van der Waals surface area (Å²) in [7, 11) is 1.58. The highest BCUT2D eigenvalue weighted by Gasteiger charge is 2.14. The van der Waals surface area contributed by atoms with E-state index in [1.54, 1.807) is 7.05 Å². The van der Waals surface area contributed by atoms with Crippen LogP contribution in [0.25, 0.3) is 0 Å². The molecule has 1 atom stereocenters. The third-order valence-corrected chi connectivity index (χ3v) is 3.40. The quantitative estimate of drug-likeness (QED) is 0.902. The molecule has 4 heteroatoms. The molecule has 1 unspecified atom stereocenters. The smallest absolute Gasteiger partial charge is 0.407 e. The molecule has 2 aromatic carbocycles. The summed E-state index contributed by atoms with van der Waals surface area (Å²) >= 11 is 0. The van der Waals surface area contributed by atoms with Crippen molar-refractivity contribution in [1.29, 1.82) is 0 Å². The first-order valence-electron chi connectivity index (χ1n) is 6.84. The molecule has 0 aliphatic rings. The number of rotatable bonds is 5. The fourth-order valence-corrected chi connectivity index (χ4v) is 1.98. The van der Waals surface area contributed by atoms with Gasteiger partial charge in [-0.2, -0.15) is 0 Å². The van der Waals surface area contributed by atoms with E-state index >= 15 is 0 Å². The second kappa shape index (κ2) is 6.79.